The molecule has 0 spiro atoms. The Kier molecular flexibility index (Phi) is 7.38. The van der Waals surface area contributed by atoms with Crippen LogP contribution >= 0.6 is 22.9 Å². The first-order valence-electron chi connectivity index (χ1n) is 9.09. The summed E-state index contributed by atoms with van der Waals surface area (Å²) in [5, 5.41) is 22.8. The molecular formula is C21H20ClFN2O4S. The molecule has 30 heavy (non-hydrogen) atoms. The monoisotopic (exact) mass is 450 g/mol. The molecule has 0 radical (unpaired) electrons. The Morgan fingerprint density at radius 1 is 1.27 bits per heavy atom. The van der Waals surface area contributed by atoms with Crippen LogP contribution in [0.2, 0.25) is 4.34 Å². The second-order valence-corrected chi connectivity index (χ2v) is 8.36. The van der Waals surface area contributed by atoms with Crippen LogP contribution in [0.25, 0.3) is 11.1 Å². The molecule has 3 aromatic rings. The average molecular weight is 451 g/mol. The van der Waals surface area contributed by atoms with Crippen LogP contribution < -0.4 is 4.74 Å². The number of rotatable bonds is 9. The molecule has 1 N–H and O–H groups in total. The van der Waals surface area contributed by atoms with Crippen LogP contribution in [0.4, 0.5) is 10.1 Å². The highest BCUT2D eigenvalue weighted by molar-refractivity contribution is 7.15. The zero-order chi connectivity index (χ0) is 21.7. The average Bonchev–Trinajstić information content (AvgIpc) is 3.13. The van der Waals surface area contributed by atoms with Gasteiger partial charge in [0, 0.05) is 24.7 Å². The predicted octanol–water partition coefficient (Wildman–Crippen LogP) is 4.99. The summed E-state index contributed by atoms with van der Waals surface area (Å²) in [4.78, 5) is 11.9. The summed E-state index contributed by atoms with van der Waals surface area (Å²) in [6, 6.07) is 13.2. The molecule has 0 aliphatic carbocycles. The van der Waals surface area contributed by atoms with Gasteiger partial charge in [-0.15, -0.1) is 11.3 Å². The maximum absolute atomic E-state index is 13.8. The third kappa shape index (κ3) is 5.76. The third-order valence-corrected chi connectivity index (χ3v) is 5.59. The van der Waals surface area contributed by atoms with E-state index >= 15 is 0 Å². The Bertz CT molecular complexity index is 1010. The summed E-state index contributed by atoms with van der Waals surface area (Å²) >= 11 is 7.67. The topological polar surface area (TPSA) is 75.8 Å². The normalized spacial score (nSPS) is 12.2. The number of ether oxygens (including phenoxy) is 1. The molecule has 0 aliphatic rings. The van der Waals surface area contributed by atoms with Gasteiger partial charge in [0.1, 0.15) is 17.0 Å². The molecule has 2 aromatic carbocycles. The molecule has 0 saturated carbocycles. The highest BCUT2D eigenvalue weighted by Crippen LogP contribution is 2.32. The zero-order valence-electron chi connectivity index (χ0n) is 16.1. The number of benzene rings is 2. The number of halogens is 2. The number of hydrogen-bond donors (Lipinski definition) is 1. The van der Waals surface area contributed by atoms with Crippen molar-refractivity contribution < 1.29 is 19.2 Å². The van der Waals surface area contributed by atoms with Gasteiger partial charge < -0.3 is 9.84 Å². The van der Waals surface area contributed by atoms with Crippen LogP contribution in [-0.4, -0.2) is 41.2 Å². The molecule has 1 unspecified atom stereocenters. The summed E-state index contributed by atoms with van der Waals surface area (Å²) in [5.74, 6) is -0.972. The van der Waals surface area contributed by atoms with E-state index in [4.69, 9.17) is 16.3 Å². The number of nitrogens with zero attached hydrogens (tertiary/aromatic N) is 2. The van der Waals surface area contributed by atoms with E-state index in [1.54, 1.807) is 0 Å². The fraction of sp³-hybridized carbons (Fsp3) is 0.238. The standard InChI is InChI=1S/C21H20ClFN2O4S/c1-24(11-14-2-4-15(5-3-14)18-8-9-30-21(18)22)12-17(26)13-29-20-7-6-16(25(27)28)10-19(20)23/h2-10,17,26H,11-13H2,1H3. The van der Waals surface area contributed by atoms with E-state index < -0.39 is 16.8 Å². The SMILES string of the molecule is CN(Cc1ccc(-c2ccsc2Cl)cc1)CC(O)COc1ccc([N+](=O)[O-])cc1F. The minimum atomic E-state index is -0.853. The highest BCUT2D eigenvalue weighted by atomic mass is 35.5. The maximum atomic E-state index is 13.8. The Labute approximate surface area is 182 Å². The number of aliphatic hydroxyl groups is 1. The number of non-ortho nitro benzene ring substituents is 1. The molecule has 0 bridgehead atoms. The van der Waals surface area contributed by atoms with E-state index in [2.05, 4.69) is 0 Å². The first-order chi connectivity index (χ1) is 14.3. The quantitative estimate of drug-likeness (QED) is 0.367. The molecule has 158 valence electrons. The third-order valence-electron chi connectivity index (χ3n) is 4.42. The Morgan fingerprint density at radius 3 is 2.60 bits per heavy atom. The van der Waals surface area contributed by atoms with Crippen molar-refractivity contribution in [2.45, 2.75) is 12.6 Å². The van der Waals surface area contributed by atoms with Crippen LogP contribution in [0, 0.1) is 15.9 Å². The van der Waals surface area contributed by atoms with Crippen molar-refractivity contribution in [3.05, 3.63) is 79.7 Å². The van der Waals surface area contributed by atoms with E-state index in [0.717, 1.165) is 33.2 Å². The van der Waals surface area contributed by atoms with Crippen LogP contribution in [0.15, 0.2) is 53.9 Å². The second kappa shape index (κ2) is 9.99. The van der Waals surface area contributed by atoms with E-state index in [0.29, 0.717) is 13.1 Å². The summed E-state index contributed by atoms with van der Waals surface area (Å²) in [6.45, 7) is 0.794. The number of hydrogen-bond acceptors (Lipinski definition) is 6. The van der Waals surface area contributed by atoms with Gasteiger partial charge in [0.2, 0.25) is 0 Å². The van der Waals surface area contributed by atoms with Gasteiger partial charge in [-0.1, -0.05) is 35.9 Å². The summed E-state index contributed by atoms with van der Waals surface area (Å²) in [7, 11) is 1.86. The van der Waals surface area contributed by atoms with Gasteiger partial charge in [0.25, 0.3) is 5.69 Å². The zero-order valence-corrected chi connectivity index (χ0v) is 17.7. The van der Waals surface area contributed by atoms with Gasteiger partial charge in [-0.25, -0.2) is 4.39 Å². The molecule has 0 fully saturated rings. The molecule has 3 rings (SSSR count). The van der Waals surface area contributed by atoms with Gasteiger partial charge in [-0.05, 0) is 35.7 Å². The maximum Gasteiger partial charge on any atom is 0.272 e. The van der Waals surface area contributed by atoms with Gasteiger partial charge in [-0.2, -0.15) is 0 Å². The fourth-order valence-corrected chi connectivity index (χ4v) is 3.95. The van der Waals surface area contributed by atoms with Crippen LogP contribution in [-0.2, 0) is 6.54 Å². The molecule has 0 amide bonds. The summed E-state index contributed by atoms with van der Waals surface area (Å²) < 4.78 is 19.9. The first-order valence-corrected chi connectivity index (χ1v) is 10.3. The van der Waals surface area contributed by atoms with Crippen LogP contribution in [0.3, 0.4) is 0 Å². The lowest BCUT2D eigenvalue weighted by Gasteiger charge is -2.21. The number of thiophene rings is 1. The van der Waals surface area contributed by atoms with Crippen LogP contribution in [0.1, 0.15) is 5.56 Å². The minimum Gasteiger partial charge on any atom is -0.488 e. The van der Waals surface area contributed by atoms with E-state index in [9.17, 15) is 19.6 Å². The lowest BCUT2D eigenvalue weighted by Crippen LogP contribution is -2.32. The molecular weight excluding hydrogens is 431 g/mol. The molecule has 1 heterocycles. The van der Waals surface area contributed by atoms with Crippen molar-refractivity contribution in [2.24, 2.45) is 0 Å². The summed E-state index contributed by atoms with van der Waals surface area (Å²) in [5.41, 5.74) is 2.77. The number of nitro groups is 1. The van der Waals surface area contributed by atoms with Gasteiger partial charge >= 0.3 is 0 Å². The smallest absolute Gasteiger partial charge is 0.272 e. The van der Waals surface area contributed by atoms with Crippen molar-refractivity contribution in [2.75, 3.05) is 20.2 Å². The van der Waals surface area contributed by atoms with E-state index in [-0.39, 0.29) is 18.0 Å². The molecule has 1 atom stereocenters. The molecule has 1 aromatic heterocycles. The minimum absolute atomic E-state index is 0.130. The predicted molar refractivity (Wildman–Crippen MR) is 116 cm³/mol. The van der Waals surface area contributed by atoms with Gasteiger partial charge in [-0.3, -0.25) is 15.0 Å². The lowest BCUT2D eigenvalue weighted by atomic mass is 10.1. The molecule has 9 heteroatoms. The van der Waals surface area contributed by atoms with Crippen molar-refractivity contribution in [3.8, 4) is 16.9 Å². The second-order valence-electron chi connectivity index (χ2n) is 6.84. The lowest BCUT2D eigenvalue weighted by molar-refractivity contribution is -0.385. The van der Waals surface area contributed by atoms with Gasteiger partial charge in [0.15, 0.2) is 11.6 Å². The highest BCUT2D eigenvalue weighted by Gasteiger charge is 2.14. The van der Waals surface area contributed by atoms with Crippen molar-refractivity contribution in [1.82, 2.24) is 4.90 Å². The van der Waals surface area contributed by atoms with E-state index in [1.165, 1.54) is 17.4 Å². The fourth-order valence-electron chi connectivity index (χ4n) is 2.99. The van der Waals surface area contributed by atoms with Crippen LogP contribution in [0.5, 0.6) is 5.75 Å². The largest absolute Gasteiger partial charge is 0.488 e. The van der Waals surface area contributed by atoms with Crippen molar-refractivity contribution in [1.29, 1.82) is 0 Å². The summed E-state index contributed by atoms with van der Waals surface area (Å²) in [6.07, 6.45) is -0.853. The number of aliphatic hydroxyl groups excluding tert-OH is 1. The molecule has 0 aliphatic heterocycles. The van der Waals surface area contributed by atoms with Crippen molar-refractivity contribution in [3.63, 3.8) is 0 Å². The Balaban J connectivity index is 1.49. The van der Waals surface area contributed by atoms with Gasteiger partial charge in [0.05, 0.1) is 11.0 Å². The van der Waals surface area contributed by atoms with Crippen molar-refractivity contribution >= 4 is 28.6 Å². The van der Waals surface area contributed by atoms with E-state index in [1.807, 2.05) is 47.7 Å². The number of likely N-dealkylation sites (N-methyl/N-ethyl adjacent to an activating group) is 1. The molecule has 0 saturated heterocycles. The first kappa shape index (κ1) is 22.2. The number of nitro benzene ring substituents is 1. The Hall–Kier alpha value is -2.52. The molecule has 6 nitrogen and oxygen atoms in total. The Morgan fingerprint density at radius 2 is 2.00 bits per heavy atom.